The van der Waals surface area contributed by atoms with Crippen LogP contribution in [0.4, 0.5) is 0 Å². The van der Waals surface area contributed by atoms with Crippen molar-refractivity contribution in [2.45, 2.75) is 19.5 Å². The summed E-state index contributed by atoms with van der Waals surface area (Å²) in [6.45, 7) is 3.42. The highest BCUT2D eigenvalue weighted by Crippen LogP contribution is 2.21. The van der Waals surface area contributed by atoms with Crippen LogP contribution in [0.1, 0.15) is 18.1 Å². The van der Waals surface area contributed by atoms with Crippen LogP contribution < -0.4 is 4.74 Å². The molecule has 0 aliphatic heterocycles. The predicted octanol–water partition coefficient (Wildman–Crippen LogP) is 1.51. The number of ether oxygens (including phenoxy) is 2. The molecular formula is C16H23NO3. The van der Waals surface area contributed by atoms with Crippen LogP contribution in [0.25, 0.3) is 0 Å². The smallest absolute Gasteiger partial charge is 0.123 e. The Bertz CT molecular complexity index is 476. The van der Waals surface area contributed by atoms with Crippen molar-refractivity contribution in [2.24, 2.45) is 0 Å². The maximum Gasteiger partial charge on any atom is 0.123 e. The topological polar surface area (TPSA) is 41.9 Å². The molecule has 0 amide bonds. The van der Waals surface area contributed by atoms with Crippen LogP contribution in [0.2, 0.25) is 0 Å². The number of hydrogen-bond donors (Lipinski definition) is 1. The summed E-state index contributed by atoms with van der Waals surface area (Å²) < 4.78 is 10.6. The van der Waals surface area contributed by atoms with Crippen molar-refractivity contribution >= 4 is 0 Å². The molecule has 0 saturated carbocycles. The average Bonchev–Trinajstić information content (AvgIpc) is 2.45. The van der Waals surface area contributed by atoms with E-state index in [1.165, 1.54) is 0 Å². The van der Waals surface area contributed by atoms with Gasteiger partial charge in [-0.15, -0.1) is 0 Å². The minimum atomic E-state index is -0.133. The van der Waals surface area contributed by atoms with Gasteiger partial charge in [0.25, 0.3) is 0 Å². The Morgan fingerprint density at radius 2 is 2.10 bits per heavy atom. The molecule has 1 aromatic rings. The van der Waals surface area contributed by atoms with Crippen molar-refractivity contribution in [1.82, 2.24) is 4.90 Å². The summed E-state index contributed by atoms with van der Waals surface area (Å²) in [5.41, 5.74) is 1.95. The van der Waals surface area contributed by atoms with Crippen molar-refractivity contribution in [3.63, 3.8) is 0 Å². The molecule has 1 aromatic carbocycles. The van der Waals surface area contributed by atoms with Crippen molar-refractivity contribution in [2.75, 3.05) is 34.5 Å². The summed E-state index contributed by atoms with van der Waals surface area (Å²) in [5.74, 6) is 6.42. The third kappa shape index (κ3) is 4.86. The molecule has 0 aromatic heterocycles. The van der Waals surface area contributed by atoms with Gasteiger partial charge < -0.3 is 14.6 Å². The molecule has 0 heterocycles. The van der Waals surface area contributed by atoms with Crippen LogP contribution in [-0.4, -0.2) is 50.5 Å². The number of nitrogens with zero attached hydrogens (tertiary/aromatic N) is 1. The van der Waals surface area contributed by atoms with Crippen LogP contribution in [0.3, 0.4) is 0 Å². The quantitative estimate of drug-likeness (QED) is 0.800. The Hall–Kier alpha value is -1.54. The molecule has 0 saturated heterocycles. The fourth-order valence-electron chi connectivity index (χ4n) is 1.91. The van der Waals surface area contributed by atoms with Gasteiger partial charge in [0.2, 0.25) is 0 Å². The molecule has 1 rings (SSSR count). The predicted molar refractivity (Wildman–Crippen MR) is 79.8 cm³/mol. The lowest BCUT2D eigenvalue weighted by molar-refractivity contribution is 0.111. The molecule has 4 heteroatoms. The summed E-state index contributed by atoms with van der Waals surface area (Å²) in [6.07, 6.45) is 0. The fraction of sp³-hybridized carbons (Fsp3) is 0.500. The molecule has 110 valence electrons. The summed E-state index contributed by atoms with van der Waals surface area (Å²) in [4.78, 5) is 2.20. The number of benzene rings is 1. The van der Waals surface area contributed by atoms with E-state index in [0.717, 1.165) is 23.4 Å². The molecule has 1 unspecified atom stereocenters. The van der Waals surface area contributed by atoms with Crippen molar-refractivity contribution in [3.05, 3.63) is 29.3 Å². The van der Waals surface area contributed by atoms with E-state index in [0.29, 0.717) is 12.6 Å². The molecule has 0 spiro atoms. The van der Waals surface area contributed by atoms with E-state index in [9.17, 15) is 0 Å². The lowest BCUT2D eigenvalue weighted by Crippen LogP contribution is -2.32. The highest BCUT2D eigenvalue weighted by Gasteiger charge is 2.12. The highest BCUT2D eigenvalue weighted by atomic mass is 16.5. The van der Waals surface area contributed by atoms with E-state index in [1.807, 2.05) is 18.2 Å². The lowest BCUT2D eigenvalue weighted by atomic mass is 10.1. The van der Waals surface area contributed by atoms with Gasteiger partial charge in [0.05, 0.1) is 13.7 Å². The molecule has 1 N–H and O–H groups in total. The molecule has 0 aliphatic carbocycles. The molecule has 4 nitrogen and oxygen atoms in total. The van der Waals surface area contributed by atoms with E-state index in [2.05, 4.69) is 30.7 Å². The number of hydrogen-bond acceptors (Lipinski definition) is 4. The standard InChI is InChI=1S/C16H23NO3/c1-13(12-19-3)17(2)11-15-10-14(6-5-9-18)7-8-16(15)20-4/h7-8,10,13,18H,9,11-12H2,1-4H3. The van der Waals surface area contributed by atoms with E-state index in [4.69, 9.17) is 14.6 Å². The van der Waals surface area contributed by atoms with Gasteiger partial charge in [-0.1, -0.05) is 11.8 Å². The summed E-state index contributed by atoms with van der Waals surface area (Å²) in [6, 6.07) is 6.11. The Kier molecular flexibility index (Phi) is 7.10. The summed E-state index contributed by atoms with van der Waals surface area (Å²) in [7, 11) is 5.42. The van der Waals surface area contributed by atoms with Crippen LogP contribution in [0.15, 0.2) is 18.2 Å². The molecule has 20 heavy (non-hydrogen) atoms. The first-order valence-electron chi connectivity index (χ1n) is 6.58. The third-order valence-electron chi connectivity index (χ3n) is 3.17. The van der Waals surface area contributed by atoms with Gasteiger partial charge in [-0.3, -0.25) is 4.90 Å². The highest BCUT2D eigenvalue weighted by molar-refractivity contribution is 5.44. The SMILES string of the molecule is COCC(C)N(C)Cc1cc(C#CCO)ccc1OC. The Balaban J connectivity index is 2.90. The number of aliphatic hydroxyl groups excluding tert-OH is 1. The average molecular weight is 277 g/mol. The third-order valence-corrected chi connectivity index (χ3v) is 3.17. The van der Waals surface area contributed by atoms with E-state index in [1.54, 1.807) is 14.2 Å². The van der Waals surface area contributed by atoms with Crippen molar-refractivity contribution in [1.29, 1.82) is 0 Å². The maximum absolute atomic E-state index is 8.75. The normalized spacial score (nSPS) is 11.9. The van der Waals surface area contributed by atoms with E-state index in [-0.39, 0.29) is 6.61 Å². The number of methoxy groups -OCH3 is 2. The largest absolute Gasteiger partial charge is 0.496 e. The number of aliphatic hydroxyl groups is 1. The zero-order valence-electron chi connectivity index (χ0n) is 12.6. The van der Waals surface area contributed by atoms with Crippen molar-refractivity contribution in [3.8, 4) is 17.6 Å². The van der Waals surface area contributed by atoms with Crippen LogP contribution in [-0.2, 0) is 11.3 Å². The summed E-state index contributed by atoms with van der Waals surface area (Å²) >= 11 is 0. The molecule has 1 atom stereocenters. The van der Waals surface area contributed by atoms with Gasteiger partial charge in [0.15, 0.2) is 0 Å². The van der Waals surface area contributed by atoms with Gasteiger partial charge >= 0.3 is 0 Å². The Labute approximate surface area is 121 Å². The molecule has 0 radical (unpaired) electrons. The Morgan fingerprint density at radius 3 is 2.70 bits per heavy atom. The van der Waals surface area contributed by atoms with Gasteiger partial charge in [-0.2, -0.15) is 0 Å². The van der Waals surface area contributed by atoms with E-state index >= 15 is 0 Å². The van der Waals surface area contributed by atoms with Crippen LogP contribution >= 0.6 is 0 Å². The zero-order valence-corrected chi connectivity index (χ0v) is 12.6. The number of rotatable bonds is 6. The van der Waals surface area contributed by atoms with Gasteiger partial charge in [0, 0.05) is 30.8 Å². The van der Waals surface area contributed by atoms with E-state index < -0.39 is 0 Å². The summed E-state index contributed by atoms with van der Waals surface area (Å²) in [5, 5.41) is 8.75. The second-order valence-electron chi connectivity index (χ2n) is 4.71. The fourth-order valence-corrected chi connectivity index (χ4v) is 1.91. The van der Waals surface area contributed by atoms with Crippen LogP contribution in [0, 0.1) is 11.8 Å². The second kappa shape index (κ2) is 8.60. The zero-order chi connectivity index (χ0) is 15.0. The first kappa shape index (κ1) is 16.5. The molecule has 0 fully saturated rings. The maximum atomic E-state index is 8.75. The minimum Gasteiger partial charge on any atom is -0.496 e. The van der Waals surface area contributed by atoms with Gasteiger partial charge in [0.1, 0.15) is 12.4 Å². The van der Waals surface area contributed by atoms with Crippen LogP contribution in [0.5, 0.6) is 5.75 Å². The van der Waals surface area contributed by atoms with Gasteiger partial charge in [-0.05, 0) is 32.2 Å². The molecule has 0 aliphatic rings. The number of likely N-dealkylation sites (N-methyl/N-ethyl adjacent to an activating group) is 1. The second-order valence-corrected chi connectivity index (χ2v) is 4.71. The van der Waals surface area contributed by atoms with Gasteiger partial charge in [-0.25, -0.2) is 0 Å². The Morgan fingerprint density at radius 1 is 1.35 bits per heavy atom. The monoisotopic (exact) mass is 277 g/mol. The first-order valence-corrected chi connectivity index (χ1v) is 6.58. The minimum absolute atomic E-state index is 0.133. The first-order chi connectivity index (χ1) is 9.62. The molecular weight excluding hydrogens is 254 g/mol. The lowest BCUT2D eigenvalue weighted by Gasteiger charge is -2.24. The van der Waals surface area contributed by atoms with Crippen molar-refractivity contribution < 1.29 is 14.6 Å². The molecule has 0 bridgehead atoms.